The molecule has 0 aliphatic carbocycles. The molecule has 4 rings (SSSR count). The maximum Gasteiger partial charge on any atom is 0.247 e. The van der Waals surface area contributed by atoms with Crippen molar-refractivity contribution in [2.45, 2.75) is 39.4 Å². The Labute approximate surface area is 200 Å². The molecule has 0 atom stereocenters. The summed E-state index contributed by atoms with van der Waals surface area (Å²) in [5, 5.41) is 5.77. The number of halogens is 1. The molecule has 172 valence electrons. The van der Waals surface area contributed by atoms with Gasteiger partial charge in [-0.1, -0.05) is 23.7 Å². The quantitative estimate of drug-likeness (QED) is 0.509. The van der Waals surface area contributed by atoms with Crippen molar-refractivity contribution in [3.63, 3.8) is 0 Å². The second-order valence-corrected chi connectivity index (χ2v) is 9.84. The van der Waals surface area contributed by atoms with E-state index in [1.54, 1.807) is 18.5 Å². The summed E-state index contributed by atoms with van der Waals surface area (Å²) in [6.45, 7) is 7.99. The predicted octanol–water partition coefficient (Wildman–Crippen LogP) is 4.81. The summed E-state index contributed by atoms with van der Waals surface area (Å²) >= 11 is 6.29. The molecule has 0 N–H and O–H groups in total. The van der Waals surface area contributed by atoms with Gasteiger partial charge >= 0.3 is 0 Å². The van der Waals surface area contributed by atoms with Gasteiger partial charge < -0.3 is 9.80 Å². The fourth-order valence-electron chi connectivity index (χ4n) is 4.25. The lowest BCUT2D eigenvalue weighted by atomic mass is 9.94. The molecule has 0 saturated carbocycles. The van der Waals surface area contributed by atoms with Crippen LogP contribution in [0.4, 0.5) is 0 Å². The van der Waals surface area contributed by atoms with E-state index < -0.39 is 0 Å². The average molecular weight is 464 g/mol. The summed E-state index contributed by atoms with van der Waals surface area (Å²) in [5.41, 5.74) is 5.62. The minimum Gasteiger partial charge on any atom is -0.326 e. The van der Waals surface area contributed by atoms with Crippen molar-refractivity contribution in [3.8, 4) is 22.4 Å². The van der Waals surface area contributed by atoms with E-state index in [1.807, 2.05) is 61.2 Å². The van der Waals surface area contributed by atoms with Gasteiger partial charge in [-0.2, -0.15) is 5.10 Å². The number of hydrogen-bond donors (Lipinski definition) is 0. The van der Waals surface area contributed by atoms with E-state index in [-0.39, 0.29) is 11.4 Å². The molecular weight excluding hydrogens is 434 g/mol. The first-order valence-corrected chi connectivity index (χ1v) is 11.4. The van der Waals surface area contributed by atoms with Crippen molar-refractivity contribution in [3.05, 3.63) is 71.2 Å². The third-order valence-corrected chi connectivity index (χ3v) is 6.45. The van der Waals surface area contributed by atoms with Gasteiger partial charge in [0.2, 0.25) is 5.91 Å². The van der Waals surface area contributed by atoms with Gasteiger partial charge in [-0.05, 0) is 70.3 Å². The number of carbonyl (C=O) groups excluding carboxylic acids is 1. The number of amides is 1. The van der Waals surface area contributed by atoms with Crippen LogP contribution in [0.3, 0.4) is 0 Å². The minimum absolute atomic E-state index is 0.0128. The highest BCUT2D eigenvalue weighted by Gasteiger charge is 2.38. The lowest BCUT2D eigenvalue weighted by molar-refractivity contribution is -0.134. The first kappa shape index (κ1) is 23.2. The Balaban J connectivity index is 1.82. The number of hydrogen-bond acceptors (Lipinski definition) is 4. The zero-order valence-corrected chi connectivity index (χ0v) is 20.6. The second-order valence-electron chi connectivity index (χ2n) is 9.43. The number of fused-ring (bicyclic) bond motifs is 1. The second kappa shape index (κ2) is 9.12. The number of nitrogens with zero attached hydrogens (tertiary/aromatic N) is 5. The summed E-state index contributed by atoms with van der Waals surface area (Å²) in [4.78, 5) is 21.3. The molecule has 6 nitrogen and oxygen atoms in total. The molecule has 33 heavy (non-hydrogen) atoms. The Morgan fingerprint density at radius 3 is 2.58 bits per heavy atom. The van der Waals surface area contributed by atoms with E-state index in [0.29, 0.717) is 13.1 Å². The van der Waals surface area contributed by atoms with Gasteiger partial charge in [0.15, 0.2) is 0 Å². The molecule has 0 spiro atoms. The molecule has 0 fully saturated rings. The minimum atomic E-state index is -0.374. The molecule has 3 heterocycles. The van der Waals surface area contributed by atoms with Crippen molar-refractivity contribution in [1.29, 1.82) is 0 Å². The highest BCUT2D eigenvalue weighted by Crippen LogP contribution is 2.39. The van der Waals surface area contributed by atoms with Crippen molar-refractivity contribution in [2.24, 2.45) is 0 Å². The van der Waals surface area contributed by atoms with Gasteiger partial charge in [-0.15, -0.1) is 0 Å². The van der Waals surface area contributed by atoms with Crippen LogP contribution in [-0.2, 0) is 17.9 Å². The van der Waals surface area contributed by atoms with Crippen LogP contribution in [0, 0.1) is 6.92 Å². The third-order valence-electron chi connectivity index (χ3n) is 6.03. The Morgan fingerprint density at radius 1 is 1.18 bits per heavy atom. The van der Waals surface area contributed by atoms with E-state index in [0.717, 1.165) is 45.2 Å². The fraction of sp³-hybridized carbons (Fsp3) is 0.346. The normalized spacial score (nSPS) is 15.3. The van der Waals surface area contributed by atoms with Gasteiger partial charge in [0.1, 0.15) is 5.69 Å². The SMILES string of the molecule is Cc1cc(-c2nn3c(c2-c2ccncc2)CN(C(=O)/C=C/CN(C)C)C(C)(C)C3)ccc1Cl. The van der Waals surface area contributed by atoms with E-state index >= 15 is 0 Å². The van der Waals surface area contributed by atoms with Gasteiger partial charge in [-0.3, -0.25) is 14.5 Å². The van der Waals surface area contributed by atoms with E-state index in [2.05, 4.69) is 29.6 Å². The first-order valence-electron chi connectivity index (χ1n) is 11.1. The van der Waals surface area contributed by atoms with Crippen molar-refractivity contribution >= 4 is 17.5 Å². The maximum absolute atomic E-state index is 13.2. The van der Waals surface area contributed by atoms with E-state index in [1.165, 1.54) is 0 Å². The number of aromatic nitrogens is 3. The van der Waals surface area contributed by atoms with Gasteiger partial charge in [0, 0.05) is 41.2 Å². The van der Waals surface area contributed by atoms with Gasteiger partial charge in [0.25, 0.3) is 0 Å². The first-order chi connectivity index (χ1) is 15.7. The number of carbonyl (C=O) groups is 1. The molecule has 0 saturated heterocycles. The molecule has 1 aliphatic heterocycles. The zero-order valence-electron chi connectivity index (χ0n) is 19.8. The average Bonchev–Trinajstić information content (AvgIpc) is 3.12. The summed E-state index contributed by atoms with van der Waals surface area (Å²) < 4.78 is 2.06. The Bertz CT molecular complexity index is 1200. The van der Waals surface area contributed by atoms with Crippen LogP contribution in [-0.4, -0.2) is 56.7 Å². The lowest BCUT2D eigenvalue weighted by Gasteiger charge is -2.42. The van der Waals surface area contributed by atoms with Crippen LogP contribution in [0.25, 0.3) is 22.4 Å². The van der Waals surface area contributed by atoms with Crippen molar-refractivity contribution in [1.82, 2.24) is 24.6 Å². The molecule has 1 aromatic carbocycles. The highest BCUT2D eigenvalue weighted by atomic mass is 35.5. The zero-order chi connectivity index (χ0) is 23.8. The molecular formula is C26H30ClN5O. The molecule has 0 unspecified atom stereocenters. The van der Waals surface area contributed by atoms with Crippen LogP contribution in [0.15, 0.2) is 54.9 Å². The van der Waals surface area contributed by atoms with Crippen LogP contribution in [0.1, 0.15) is 25.1 Å². The largest absolute Gasteiger partial charge is 0.326 e. The molecule has 0 bridgehead atoms. The number of aryl methyl sites for hydroxylation is 1. The molecule has 7 heteroatoms. The van der Waals surface area contributed by atoms with Crippen molar-refractivity contribution in [2.75, 3.05) is 20.6 Å². The van der Waals surface area contributed by atoms with Crippen molar-refractivity contribution < 1.29 is 4.79 Å². The fourth-order valence-corrected chi connectivity index (χ4v) is 4.37. The van der Waals surface area contributed by atoms with Crippen LogP contribution >= 0.6 is 11.6 Å². The van der Waals surface area contributed by atoms with Crippen LogP contribution in [0.2, 0.25) is 5.02 Å². The number of likely N-dealkylation sites (N-methyl/N-ethyl adjacent to an activating group) is 1. The topological polar surface area (TPSA) is 54.3 Å². The Hall–Kier alpha value is -2.96. The van der Waals surface area contributed by atoms with E-state index in [9.17, 15) is 4.79 Å². The summed E-state index contributed by atoms with van der Waals surface area (Å²) in [6.07, 6.45) is 7.17. The Morgan fingerprint density at radius 2 is 1.91 bits per heavy atom. The molecule has 3 aromatic rings. The van der Waals surface area contributed by atoms with Gasteiger partial charge in [0.05, 0.1) is 24.3 Å². The van der Waals surface area contributed by atoms with Crippen LogP contribution in [0.5, 0.6) is 0 Å². The Kier molecular flexibility index (Phi) is 6.41. The lowest BCUT2D eigenvalue weighted by Crippen LogP contribution is -2.53. The summed E-state index contributed by atoms with van der Waals surface area (Å²) in [5.74, 6) is 0.0128. The smallest absolute Gasteiger partial charge is 0.247 e. The van der Waals surface area contributed by atoms with Gasteiger partial charge in [-0.25, -0.2) is 0 Å². The summed E-state index contributed by atoms with van der Waals surface area (Å²) in [6, 6.07) is 9.97. The maximum atomic E-state index is 13.2. The monoisotopic (exact) mass is 463 g/mol. The standard InChI is InChI=1S/C26H30ClN5O/c1-18-15-20(8-9-21(18)27)25-24(19-10-12-28-13-11-19)22-16-31(23(33)7-6-14-30(4)5)26(2,3)17-32(22)29-25/h6-13,15H,14,16-17H2,1-5H3/b7-6+. The highest BCUT2D eigenvalue weighted by molar-refractivity contribution is 6.31. The summed E-state index contributed by atoms with van der Waals surface area (Å²) in [7, 11) is 3.97. The van der Waals surface area contributed by atoms with Crippen LogP contribution < -0.4 is 0 Å². The molecule has 1 amide bonds. The number of pyridine rings is 1. The molecule has 2 aromatic heterocycles. The predicted molar refractivity (Wildman–Crippen MR) is 133 cm³/mol. The molecule has 1 aliphatic rings. The van der Waals surface area contributed by atoms with E-state index in [4.69, 9.17) is 16.7 Å². The third kappa shape index (κ3) is 4.72. The number of rotatable bonds is 5. The molecule has 0 radical (unpaired) electrons. The number of benzene rings is 1.